The van der Waals surface area contributed by atoms with Gasteiger partial charge in [0, 0.05) is 44.0 Å². The monoisotopic (exact) mass is 705 g/mol. The molecule has 1 aromatic rings. The van der Waals surface area contributed by atoms with E-state index in [1.165, 1.54) is 24.7 Å². The number of likely N-dealkylation sites (tertiary alicyclic amines) is 1. The number of carbonyl (C=O) groups excluding carboxylic acids is 6. The highest BCUT2D eigenvalue weighted by molar-refractivity contribution is 6.38. The number of nitrogens with zero attached hydrogens (tertiary/aromatic N) is 3. The number of aromatic nitrogens is 2. The molecule has 4 N–H and O–H groups in total. The molecule has 0 unspecified atom stereocenters. The zero-order valence-corrected chi connectivity index (χ0v) is 30.1. The lowest BCUT2D eigenvalue weighted by Gasteiger charge is -2.34. The van der Waals surface area contributed by atoms with E-state index in [1.807, 2.05) is 6.92 Å². The number of Topliss-reactive ketones (excluding diaryl/α,β-unsaturated/α-hetero) is 1. The summed E-state index contributed by atoms with van der Waals surface area (Å²) in [5.41, 5.74) is 0.213. The Morgan fingerprint density at radius 1 is 0.922 bits per heavy atom. The van der Waals surface area contributed by atoms with Gasteiger partial charge in [0.05, 0.1) is 18.3 Å². The van der Waals surface area contributed by atoms with Crippen molar-refractivity contribution in [3.8, 4) is 0 Å². The topological polar surface area (TPSA) is 180 Å². The smallest absolute Gasteiger partial charge is 0.289 e. The minimum Gasteiger partial charge on any atom is -0.347 e. The van der Waals surface area contributed by atoms with Gasteiger partial charge in [0.25, 0.3) is 11.8 Å². The van der Waals surface area contributed by atoms with Crippen molar-refractivity contribution in [2.75, 3.05) is 13.1 Å². The van der Waals surface area contributed by atoms with Gasteiger partial charge < -0.3 is 26.2 Å². The van der Waals surface area contributed by atoms with Crippen molar-refractivity contribution < 1.29 is 28.8 Å². The molecule has 6 atom stereocenters. The van der Waals surface area contributed by atoms with Crippen LogP contribution in [-0.2, 0) is 24.0 Å². The molecule has 13 nitrogen and oxygen atoms in total. The normalized spacial score (nSPS) is 23.6. The molecule has 0 bridgehead atoms. The van der Waals surface area contributed by atoms with Crippen LogP contribution in [0.4, 0.5) is 0 Å². The second-order valence-electron chi connectivity index (χ2n) is 14.8. The summed E-state index contributed by atoms with van der Waals surface area (Å²) in [6.45, 7) is 4.37. The first-order valence-electron chi connectivity index (χ1n) is 19.1. The summed E-state index contributed by atoms with van der Waals surface area (Å²) in [7, 11) is 0. The Labute approximate surface area is 300 Å². The van der Waals surface area contributed by atoms with Crippen molar-refractivity contribution in [2.24, 2.45) is 17.8 Å². The van der Waals surface area contributed by atoms with Crippen LogP contribution in [0.15, 0.2) is 30.7 Å². The first-order chi connectivity index (χ1) is 24.7. The van der Waals surface area contributed by atoms with E-state index >= 15 is 0 Å². The van der Waals surface area contributed by atoms with Crippen LogP contribution in [0.2, 0.25) is 0 Å². The molecule has 13 heteroatoms. The zero-order valence-electron chi connectivity index (χ0n) is 30.1. The maximum Gasteiger partial charge on any atom is 0.289 e. The predicted octanol–water partition coefficient (Wildman–Crippen LogP) is 2.80. The van der Waals surface area contributed by atoms with E-state index in [0.717, 1.165) is 64.2 Å². The van der Waals surface area contributed by atoms with Gasteiger partial charge in [0.2, 0.25) is 17.6 Å². The van der Waals surface area contributed by atoms with E-state index in [1.54, 1.807) is 17.9 Å². The zero-order chi connectivity index (χ0) is 36.3. The highest BCUT2D eigenvalue weighted by Crippen LogP contribution is 2.42. The highest BCUT2D eigenvalue weighted by Gasteiger charge is 2.51. The fraction of sp³-hybridized carbons (Fsp3) is 0.684. The molecule has 4 amide bonds. The molecule has 4 aliphatic rings. The van der Waals surface area contributed by atoms with Gasteiger partial charge in [-0.05, 0) is 82.1 Å². The van der Waals surface area contributed by atoms with E-state index < -0.39 is 35.7 Å². The summed E-state index contributed by atoms with van der Waals surface area (Å²) in [5.74, 6) is -2.17. The molecule has 0 radical (unpaired) electrons. The maximum atomic E-state index is 14.6. The maximum absolute atomic E-state index is 14.6. The third kappa shape index (κ3) is 10.3. The van der Waals surface area contributed by atoms with E-state index in [4.69, 9.17) is 0 Å². The summed E-state index contributed by atoms with van der Waals surface area (Å²) in [6, 6.07) is -2.82. The average molecular weight is 706 g/mol. The summed E-state index contributed by atoms with van der Waals surface area (Å²) in [5, 5.41) is 12.2. The lowest BCUT2D eigenvalue weighted by atomic mass is 9.83. The summed E-state index contributed by atoms with van der Waals surface area (Å²) < 4.78 is 0. The van der Waals surface area contributed by atoms with Gasteiger partial charge in [-0.25, -0.2) is 4.98 Å². The molecule has 1 aromatic heterocycles. The van der Waals surface area contributed by atoms with Crippen molar-refractivity contribution in [3.05, 3.63) is 36.4 Å². The molecule has 2 heterocycles. The Balaban J connectivity index is 1.34. The lowest BCUT2D eigenvalue weighted by Crippen LogP contribution is -2.58. The summed E-state index contributed by atoms with van der Waals surface area (Å²) >= 11 is 0. The molecule has 0 spiro atoms. The second kappa shape index (κ2) is 18.5. The number of hydrogen-bond acceptors (Lipinski definition) is 9. The second-order valence-corrected chi connectivity index (χ2v) is 14.8. The van der Waals surface area contributed by atoms with Crippen molar-refractivity contribution in [1.29, 1.82) is 0 Å². The molecule has 5 rings (SSSR count). The van der Waals surface area contributed by atoms with Gasteiger partial charge in [-0.2, -0.15) is 0 Å². The van der Waals surface area contributed by atoms with E-state index in [9.17, 15) is 28.8 Å². The average Bonchev–Trinajstić information content (AvgIpc) is 3.71. The van der Waals surface area contributed by atoms with Crippen molar-refractivity contribution >= 4 is 35.2 Å². The fourth-order valence-electron chi connectivity index (χ4n) is 8.19. The standard InChI is InChI=1S/C38H55N7O6/c1-3-9-27(46)17-18-30(41-22-31(24-11-6-5-7-12-24)44-35(48)32-21-39-19-20-40-32)38(51)45-23-25-13-8-14-28(25)33(45)36(49)43-29(10-4-2)34(47)37(50)42-26-15-16-26/h3,9,19-21,24-26,28-31,33,41H,4-8,10-18,22-23H2,1-2H3,(H,42,50)(H,43,49)(H,44,48)/b9-3+/t25-,28-,29-,30-,31+,33-/m0/s1. The van der Waals surface area contributed by atoms with Crippen molar-refractivity contribution in [2.45, 2.75) is 134 Å². The summed E-state index contributed by atoms with van der Waals surface area (Å²) in [4.78, 5) is 90.2. The highest BCUT2D eigenvalue weighted by atomic mass is 16.2. The molecule has 1 aliphatic heterocycles. The van der Waals surface area contributed by atoms with Crippen LogP contribution in [0.3, 0.4) is 0 Å². The number of allylic oxidation sites excluding steroid dienone is 2. The van der Waals surface area contributed by atoms with Gasteiger partial charge in [-0.3, -0.25) is 33.8 Å². The third-order valence-electron chi connectivity index (χ3n) is 11.0. The Hall–Kier alpha value is -4.00. The Bertz CT molecular complexity index is 1430. The SMILES string of the molecule is C/C=C/C(=O)CC[C@H](NC[C@@H](NC(=O)c1cnccn1)C1CCCCC1)C(=O)N1C[C@@H]2CCC[C@@H]2[C@H]1C(=O)N[C@@H](CCC)C(=O)C(=O)NC1CC1. The molecule has 278 valence electrons. The van der Waals surface area contributed by atoms with Gasteiger partial charge in [-0.15, -0.1) is 0 Å². The van der Waals surface area contributed by atoms with Crippen LogP contribution in [0.25, 0.3) is 0 Å². The molecule has 3 saturated carbocycles. The predicted molar refractivity (Wildman–Crippen MR) is 190 cm³/mol. The largest absolute Gasteiger partial charge is 0.347 e. The van der Waals surface area contributed by atoms with E-state index in [0.29, 0.717) is 25.9 Å². The van der Waals surface area contributed by atoms with Crippen LogP contribution < -0.4 is 21.3 Å². The first kappa shape index (κ1) is 38.2. The Morgan fingerprint density at radius 2 is 1.71 bits per heavy atom. The molecular weight excluding hydrogens is 650 g/mol. The third-order valence-corrected chi connectivity index (χ3v) is 11.0. The minimum absolute atomic E-state index is 0.0174. The first-order valence-corrected chi connectivity index (χ1v) is 19.1. The number of ketones is 2. The van der Waals surface area contributed by atoms with Gasteiger partial charge in [-0.1, -0.05) is 45.1 Å². The lowest BCUT2D eigenvalue weighted by molar-refractivity contribution is -0.143. The number of nitrogens with one attached hydrogen (secondary N) is 4. The molecule has 51 heavy (non-hydrogen) atoms. The number of fused-ring (bicyclic) bond motifs is 1. The molecule has 0 aromatic carbocycles. The Morgan fingerprint density at radius 3 is 2.39 bits per heavy atom. The van der Waals surface area contributed by atoms with Crippen LogP contribution in [0, 0.1) is 17.8 Å². The van der Waals surface area contributed by atoms with Gasteiger partial charge >= 0.3 is 0 Å². The van der Waals surface area contributed by atoms with E-state index in [-0.39, 0.29) is 66.0 Å². The van der Waals surface area contributed by atoms with Crippen LogP contribution in [0.1, 0.15) is 114 Å². The Kier molecular flexibility index (Phi) is 13.9. The molecule has 3 aliphatic carbocycles. The molecule has 4 fully saturated rings. The van der Waals surface area contributed by atoms with Gasteiger partial charge in [0.15, 0.2) is 5.78 Å². The van der Waals surface area contributed by atoms with Crippen LogP contribution >= 0.6 is 0 Å². The van der Waals surface area contributed by atoms with Crippen LogP contribution in [0.5, 0.6) is 0 Å². The minimum atomic E-state index is -0.972. The fourth-order valence-corrected chi connectivity index (χ4v) is 8.19. The van der Waals surface area contributed by atoms with E-state index in [2.05, 4.69) is 31.2 Å². The quantitative estimate of drug-likeness (QED) is 0.132. The molecule has 1 saturated heterocycles. The van der Waals surface area contributed by atoms with Crippen LogP contribution in [-0.4, -0.2) is 93.4 Å². The number of carbonyl (C=O) groups is 6. The van der Waals surface area contributed by atoms with Crippen molar-refractivity contribution in [3.63, 3.8) is 0 Å². The van der Waals surface area contributed by atoms with Crippen molar-refractivity contribution in [1.82, 2.24) is 36.1 Å². The number of hydrogen-bond donors (Lipinski definition) is 4. The molecular formula is C38H55N7O6. The summed E-state index contributed by atoms with van der Waals surface area (Å²) in [6.07, 6.45) is 18.3. The number of amides is 4. The van der Waals surface area contributed by atoms with Gasteiger partial charge in [0.1, 0.15) is 11.7 Å². The number of rotatable bonds is 18.